The minimum absolute atomic E-state index is 0.0525. The van der Waals surface area contributed by atoms with Crippen molar-refractivity contribution in [1.29, 1.82) is 0 Å². The normalized spacial score (nSPS) is 13.3. The van der Waals surface area contributed by atoms with Crippen LogP contribution in [0.2, 0.25) is 0 Å². The second-order valence-corrected chi connectivity index (χ2v) is 9.32. The van der Waals surface area contributed by atoms with Crippen molar-refractivity contribution >= 4 is 46.0 Å². The molecule has 2 amide bonds. The molecule has 0 bridgehead atoms. The summed E-state index contributed by atoms with van der Waals surface area (Å²) in [5.74, 6) is 1.58. The van der Waals surface area contributed by atoms with Crippen LogP contribution in [0.3, 0.4) is 0 Å². The molecule has 8 nitrogen and oxygen atoms in total. The first-order valence-electron chi connectivity index (χ1n) is 10.6. The Labute approximate surface area is 194 Å². The summed E-state index contributed by atoms with van der Waals surface area (Å²) in [6.07, 6.45) is 1.68. The zero-order chi connectivity index (χ0) is 23.3. The van der Waals surface area contributed by atoms with E-state index < -0.39 is 0 Å². The molecule has 1 aromatic carbocycles. The number of nitrogens with zero attached hydrogens (tertiary/aromatic N) is 3. The average molecular weight is 462 g/mol. The molecular formula is C24H23N5O3S. The van der Waals surface area contributed by atoms with Crippen LogP contribution in [0, 0.1) is 13.8 Å². The lowest BCUT2D eigenvalue weighted by molar-refractivity contribution is -0.113. The highest BCUT2D eigenvalue weighted by atomic mass is 32.2. The smallest absolute Gasteiger partial charge is 0.256 e. The van der Waals surface area contributed by atoms with Gasteiger partial charge in [-0.3, -0.25) is 9.59 Å². The van der Waals surface area contributed by atoms with Crippen LogP contribution in [0.4, 0.5) is 11.4 Å². The maximum Gasteiger partial charge on any atom is 0.256 e. The summed E-state index contributed by atoms with van der Waals surface area (Å²) in [7, 11) is 0. The summed E-state index contributed by atoms with van der Waals surface area (Å²) in [4.78, 5) is 31.0. The number of rotatable bonds is 4. The second kappa shape index (κ2) is 8.08. The Kier molecular flexibility index (Phi) is 5.20. The van der Waals surface area contributed by atoms with Gasteiger partial charge < -0.3 is 15.1 Å². The minimum atomic E-state index is -0.278. The highest BCUT2D eigenvalue weighted by Crippen LogP contribution is 2.34. The molecule has 4 aromatic rings. The van der Waals surface area contributed by atoms with E-state index in [1.807, 2.05) is 50.6 Å². The van der Waals surface area contributed by atoms with Crippen LogP contribution in [-0.2, 0) is 4.79 Å². The number of hydrogen-bond acceptors (Lipinski definition) is 6. The second-order valence-electron chi connectivity index (χ2n) is 8.30. The monoisotopic (exact) mass is 461 g/mol. The predicted octanol–water partition coefficient (Wildman–Crippen LogP) is 5.19. The third kappa shape index (κ3) is 3.89. The van der Waals surface area contributed by atoms with E-state index in [2.05, 4.69) is 15.7 Å². The van der Waals surface area contributed by atoms with Gasteiger partial charge in [-0.1, -0.05) is 0 Å². The number of amides is 2. The quantitative estimate of drug-likeness (QED) is 0.434. The fourth-order valence-corrected chi connectivity index (χ4v) is 4.75. The molecule has 0 radical (unpaired) electrons. The molecule has 0 atom stereocenters. The van der Waals surface area contributed by atoms with Crippen molar-refractivity contribution in [2.24, 2.45) is 0 Å². The van der Waals surface area contributed by atoms with Gasteiger partial charge in [-0.15, -0.1) is 11.8 Å². The van der Waals surface area contributed by atoms with Gasteiger partial charge in [0.25, 0.3) is 5.91 Å². The van der Waals surface area contributed by atoms with Crippen molar-refractivity contribution in [3.05, 3.63) is 53.6 Å². The number of hydrogen-bond donors (Lipinski definition) is 2. The summed E-state index contributed by atoms with van der Waals surface area (Å²) in [5.41, 5.74) is 3.90. The van der Waals surface area contributed by atoms with Crippen LogP contribution < -0.4 is 10.6 Å². The van der Waals surface area contributed by atoms with E-state index in [-0.39, 0.29) is 17.9 Å². The number of furan rings is 1. The summed E-state index contributed by atoms with van der Waals surface area (Å²) in [5, 5.41) is 11.0. The van der Waals surface area contributed by atoms with E-state index in [0.717, 1.165) is 22.0 Å². The Morgan fingerprint density at radius 1 is 1.24 bits per heavy atom. The molecule has 0 spiro atoms. The number of nitrogens with one attached hydrogen (secondary N) is 2. The Balaban J connectivity index is 1.58. The van der Waals surface area contributed by atoms with Crippen LogP contribution in [-0.4, -0.2) is 32.3 Å². The first kappa shape index (κ1) is 21.3. The molecular weight excluding hydrogens is 438 g/mol. The maximum atomic E-state index is 13.4. The molecule has 1 aliphatic heterocycles. The van der Waals surface area contributed by atoms with Gasteiger partial charge in [0, 0.05) is 22.2 Å². The lowest BCUT2D eigenvalue weighted by Gasteiger charge is -2.17. The molecule has 33 heavy (non-hydrogen) atoms. The van der Waals surface area contributed by atoms with Gasteiger partial charge >= 0.3 is 0 Å². The molecule has 5 rings (SSSR count). The Hall–Kier alpha value is -3.59. The number of pyridine rings is 1. The molecule has 9 heteroatoms. The molecule has 0 unspecified atom stereocenters. The van der Waals surface area contributed by atoms with Crippen molar-refractivity contribution in [3.63, 3.8) is 0 Å². The molecule has 0 saturated heterocycles. The van der Waals surface area contributed by atoms with Gasteiger partial charge in [0.05, 0.1) is 34.3 Å². The van der Waals surface area contributed by atoms with Gasteiger partial charge in [0.15, 0.2) is 5.65 Å². The van der Waals surface area contributed by atoms with Crippen LogP contribution in [0.5, 0.6) is 0 Å². The van der Waals surface area contributed by atoms with E-state index in [4.69, 9.17) is 9.40 Å². The molecule has 0 saturated carbocycles. The summed E-state index contributed by atoms with van der Waals surface area (Å²) < 4.78 is 7.51. The van der Waals surface area contributed by atoms with E-state index >= 15 is 0 Å². The number of thioether (sulfide) groups is 1. The SMILES string of the molecule is Cc1cc(-c2cc(C(=O)Nc3ccc4c(c3)NC(=O)CS4)c3cnn(C(C)C)c3n2)c(C)o1. The van der Waals surface area contributed by atoms with Gasteiger partial charge in [0.1, 0.15) is 11.5 Å². The van der Waals surface area contributed by atoms with Crippen molar-refractivity contribution in [3.8, 4) is 11.3 Å². The van der Waals surface area contributed by atoms with Crippen molar-refractivity contribution in [1.82, 2.24) is 14.8 Å². The van der Waals surface area contributed by atoms with E-state index in [0.29, 0.717) is 39.4 Å². The number of benzene rings is 1. The molecule has 4 heterocycles. The lowest BCUT2D eigenvalue weighted by Crippen LogP contribution is -2.19. The number of aromatic nitrogens is 3. The molecule has 3 aromatic heterocycles. The third-order valence-electron chi connectivity index (χ3n) is 5.49. The molecule has 0 fully saturated rings. The Morgan fingerprint density at radius 2 is 2.06 bits per heavy atom. The highest BCUT2D eigenvalue weighted by Gasteiger charge is 2.21. The van der Waals surface area contributed by atoms with Gasteiger partial charge in [-0.2, -0.15) is 5.10 Å². The van der Waals surface area contributed by atoms with Crippen molar-refractivity contribution in [2.45, 2.75) is 38.6 Å². The van der Waals surface area contributed by atoms with Crippen molar-refractivity contribution < 1.29 is 14.0 Å². The largest absolute Gasteiger partial charge is 0.466 e. The first-order valence-corrected chi connectivity index (χ1v) is 11.6. The third-order valence-corrected chi connectivity index (χ3v) is 6.56. The number of fused-ring (bicyclic) bond motifs is 2. The lowest BCUT2D eigenvalue weighted by atomic mass is 10.1. The highest BCUT2D eigenvalue weighted by molar-refractivity contribution is 8.00. The minimum Gasteiger partial charge on any atom is -0.466 e. The van der Waals surface area contributed by atoms with Gasteiger partial charge in [-0.25, -0.2) is 9.67 Å². The summed E-state index contributed by atoms with van der Waals surface area (Å²) in [6.45, 7) is 7.81. The number of anilines is 2. The Bertz CT molecular complexity index is 1420. The van der Waals surface area contributed by atoms with Crippen molar-refractivity contribution in [2.75, 3.05) is 16.4 Å². The zero-order valence-electron chi connectivity index (χ0n) is 18.7. The van der Waals surface area contributed by atoms with Crippen LogP contribution in [0.1, 0.15) is 41.8 Å². The fourth-order valence-electron chi connectivity index (χ4n) is 3.97. The first-order chi connectivity index (χ1) is 15.8. The average Bonchev–Trinajstić information content (AvgIpc) is 3.35. The fraction of sp³-hybridized carbons (Fsp3) is 0.250. The van der Waals surface area contributed by atoms with E-state index in [9.17, 15) is 9.59 Å². The molecule has 1 aliphatic rings. The number of carbonyl (C=O) groups is 2. The Morgan fingerprint density at radius 3 is 2.79 bits per heavy atom. The standard InChI is InChI=1S/C24H23N5O3S/c1-12(2)29-23-18(10-25-29)17(9-19(28-23)16-7-13(3)32-14(16)4)24(31)26-15-5-6-21-20(8-15)27-22(30)11-33-21/h5-10,12H,11H2,1-4H3,(H,26,31)(H,27,30). The molecule has 0 aliphatic carbocycles. The van der Waals surface area contributed by atoms with E-state index in [1.54, 1.807) is 18.3 Å². The van der Waals surface area contributed by atoms with Crippen LogP contribution in [0.15, 0.2) is 45.8 Å². The number of aryl methyl sites for hydroxylation is 2. The summed E-state index contributed by atoms with van der Waals surface area (Å²) >= 11 is 1.48. The van der Waals surface area contributed by atoms with E-state index in [1.165, 1.54) is 11.8 Å². The van der Waals surface area contributed by atoms with Crippen LogP contribution >= 0.6 is 11.8 Å². The maximum absolute atomic E-state index is 13.4. The topological polar surface area (TPSA) is 102 Å². The van der Waals surface area contributed by atoms with Gasteiger partial charge in [-0.05, 0) is 58.0 Å². The molecule has 2 N–H and O–H groups in total. The predicted molar refractivity (Wildman–Crippen MR) is 129 cm³/mol. The van der Waals surface area contributed by atoms with Crippen LogP contribution in [0.25, 0.3) is 22.3 Å². The number of carbonyl (C=O) groups excluding carboxylic acids is 2. The molecule has 168 valence electrons. The summed E-state index contributed by atoms with van der Waals surface area (Å²) in [6, 6.07) is 9.29. The van der Waals surface area contributed by atoms with Gasteiger partial charge in [0.2, 0.25) is 5.91 Å². The zero-order valence-corrected chi connectivity index (χ0v) is 19.5.